The molecule has 5 heteroatoms. The van der Waals surface area contributed by atoms with Crippen molar-refractivity contribution in [3.05, 3.63) is 30.1 Å². The number of nitrogens with two attached hydrogens (primary N) is 1. The van der Waals surface area contributed by atoms with Crippen molar-refractivity contribution in [1.82, 2.24) is 9.38 Å². The van der Waals surface area contributed by atoms with Crippen LogP contribution in [-0.2, 0) is 4.74 Å². The third kappa shape index (κ3) is 2.22. The van der Waals surface area contributed by atoms with E-state index in [9.17, 15) is 4.79 Å². The second-order valence-electron chi connectivity index (χ2n) is 4.78. The standard InChI is InChI=1S/C12H15N3O2/c1-12(2,3)17-11(16)9-10(13)14-8-6-4-5-7-15(8)9/h4-7H,13H2,1-3H3. The molecule has 2 aromatic rings. The van der Waals surface area contributed by atoms with Gasteiger partial charge in [0.2, 0.25) is 0 Å². The van der Waals surface area contributed by atoms with E-state index < -0.39 is 11.6 Å². The highest BCUT2D eigenvalue weighted by atomic mass is 16.6. The van der Waals surface area contributed by atoms with Gasteiger partial charge in [-0.3, -0.25) is 4.40 Å². The molecule has 0 spiro atoms. The van der Waals surface area contributed by atoms with Crippen LogP contribution < -0.4 is 5.73 Å². The first-order chi connectivity index (χ1) is 7.88. The summed E-state index contributed by atoms with van der Waals surface area (Å²) in [7, 11) is 0. The van der Waals surface area contributed by atoms with Crippen molar-refractivity contribution in [1.29, 1.82) is 0 Å². The van der Waals surface area contributed by atoms with Crippen LogP contribution in [0.15, 0.2) is 24.4 Å². The molecule has 0 aliphatic heterocycles. The highest BCUT2D eigenvalue weighted by molar-refractivity contribution is 5.94. The van der Waals surface area contributed by atoms with Crippen LogP contribution in [0.1, 0.15) is 31.3 Å². The second-order valence-corrected chi connectivity index (χ2v) is 4.78. The minimum absolute atomic E-state index is 0.186. The van der Waals surface area contributed by atoms with E-state index in [0.29, 0.717) is 5.65 Å². The number of rotatable bonds is 1. The zero-order valence-corrected chi connectivity index (χ0v) is 10.1. The Morgan fingerprint density at radius 3 is 2.76 bits per heavy atom. The smallest absolute Gasteiger partial charge is 0.359 e. The van der Waals surface area contributed by atoms with Gasteiger partial charge < -0.3 is 10.5 Å². The Labute approximate surface area is 99.2 Å². The SMILES string of the molecule is CC(C)(C)OC(=O)c1c(N)nc2ccccn12. The average molecular weight is 233 g/mol. The largest absolute Gasteiger partial charge is 0.455 e. The normalized spacial score (nSPS) is 11.7. The number of carbonyl (C=O) groups is 1. The van der Waals surface area contributed by atoms with E-state index >= 15 is 0 Å². The first-order valence-electron chi connectivity index (χ1n) is 5.34. The number of fused-ring (bicyclic) bond motifs is 1. The molecule has 0 saturated heterocycles. The lowest BCUT2D eigenvalue weighted by Crippen LogP contribution is -2.25. The summed E-state index contributed by atoms with van der Waals surface area (Å²) in [5, 5.41) is 0. The predicted molar refractivity (Wildman–Crippen MR) is 64.8 cm³/mol. The van der Waals surface area contributed by atoms with E-state index in [1.54, 1.807) is 16.7 Å². The summed E-state index contributed by atoms with van der Waals surface area (Å²) in [5.41, 5.74) is 6.09. The molecule has 2 aromatic heterocycles. The van der Waals surface area contributed by atoms with Crippen molar-refractivity contribution in [3.63, 3.8) is 0 Å². The maximum Gasteiger partial charge on any atom is 0.359 e. The van der Waals surface area contributed by atoms with Crippen LogP contribution in [0.3, 0.4) is 0 Å². The number of pyridine rings is 1. The molecule has 0 unspecified atom stereocenters. The van der Waals surface area contributed by atoms with E-state index in [1.807, 2.05) is 32.9 Å². The number of nitrogens with zero attached hydrogens (tertiary/aromatic N) is 2. The fraction of sp³-hybridized carbons (Fsp3) is 0.333. The summed E-state index contributed by atoms with van der Waals surface area (Å²) in [4.78, 5) is 16.1. The maximum absolute atomic E-state index is 12.0. The van der Waals surface area contributed by atoms with E-state index in [2.05, 4.69) is 4.98 Å². The average Bonchev–Trinajstić information content (AvgIpc) is 2.50. The van der Waals surface area contributed by atoms with Gasteiger partial charge in [0.15, 0.2) is 11.5 Å². The lowest BCUT2D eigenvalue weighted by molar-refractivity contribution is 0.00631. The first kappa shape index (κ1) is 11.4. The molecule has 5 nitrogen and oxygen atoms in total. The van der Waals surface area contributed by atoms with Gasteiger partial charge in [0, 0.05) is 6.20 Å². The highest BCUT2D eigenvalue weighted by Gasteiger charge is 2.23. The Morgan fingerprint density at radius 2 is 2.12 bits per heavy atom. The van der Waals surface area contributed by atoms with E-state index in [1.165, 1.54) is 0 Å². The van der Waals surface area contributed by atoms with E-state index in [-0.39, 0.29) is 11.5 Å². The summed E-state index contributed by atoms with van der Waals surface area (Å²) >= 11 is 0. The minimum Gasteiger partial charge on any atom is -0.455 e. The number of hydrogen-bond acceptors (Lipinski definition) is 4. The van der Waals surface area contributed by atoms with Crippen LogP contribution >= 0.6 is 0 Å². The molecule has 0 aromatic carbocycles. The summed E-state index contributed by atoms with van der Waals surface area (Å²) in [5.74, 6) is -0.279. The van der Waals surface area contributed by atoms with Crippen LogP contribution in [0.4, 0.5) is 5.82 Å². The van der Waals surface area contributed by atoms with Gasteiger partial charge in [-0.1, -0.05) is 6.07 Å². The van der Waals surface area contributed by atoms with Crippen LogP contribution in [-0.4, -0.2) is 21.0 Å². The summed E-state index contributed by atoms with van der Waals surface area (Å²) in [6.07, 6.45) is 1.73. The van der Waals surface area contributed by atoms with Crippen LogP contribution in [0, 0.1) is 0 Å². The number of ether oxygens (including phenoxy) is 1. The monoisotopic (exact) mass is 233 g/mol. The molecule has 0 radical (unpaired) electrons. The van der Waals surface area contributed by atoms with Gasteiger partial charge in [0.1, 0.15) is 11.2 Å². The molecule has 0 amide bonds. The topological polar surface area (TPSA) is 69.6 Å². The molecular formula is C12H15N3O2. The maximum atomic E-state index is 12.0. The number of carbonyl (C=O) groups excluding carboxylic acids is 1. The molecule has 0 bridgehead atoms. The van der Waals surface area contributed by atoms with Crippen molar-refractivity contribution in [2.45, 2.75) is 26.4 Å². The third-order valence-electron chi connectivity index (χ3n) is 2.15. The highest BCUT2D eigenvalue weighted by Crippen LogP contribution is 2.18. The minimum atomic E-state index is -0.553. The van der Waals surface area contributed by atoms with E-state index in [0.717, 1.165) is 0 Å². The molecule has 17 heavy (non-hydrogen) atoms. The molecule has 2 N–H and O–H groups in total. The fourth-order valence-electron chi connectivity index (χ4n) is 1.54. The van der Waals surface area contributed by atoms with Gasteiger partial charge in [-0.25, -0.2) is 9.78 Å². The number of nitrogen functional groups attached to an aromatic ring is 1. The Morgan fingerprint density at radius 1 is 1.41 bits per heavy atom. The molecule has 90 valence electrons. The fourth-order valence-corrected chi connectivity index (χ4v) is 1.54. The van der Waals surface area contributed by atoms with Gasteiger partial charge in [0.05, 0.1) is 0 Å². The lowest BCUT2D eigenvalue weighted by Gasteiger charge is -2.19. The van der Waals surface area contributed by atoms with Crippen molar-refractivity contribution in [2.24, 2.45) is 0 Å². The molecule has 0 aliphatic carbocycles. The van der Waals surface area contributed by atoms with Gasteiger partial charge in [-0.05, 0) is 32.9 Å². The van der Waals surface area contributed by atoms with Crippen molar-refractivity contribution < 1.29 is 9.53 Å². The van der Waals surface area contributed by atoms with Crippen molar-refractivity contribution >= 4 is 17.4 Å². The van der Waals surface area contributed by atoms with Crippen LogP contribution in [0.5, 0.6) is 0 Å². The molecule has 0 atom stereocenters. The van der Waals surface area contributed by atoms with Gasteiger partial charge >= 0.3 is 5.97 Å². The zero-order valence-electron chi connectivity index (χ0n) is 10.1. The zero-order chi connectivity index (χ0) is 12.6. The number of imidazole rings is 1. The number of aromatic nitrogens is 2. The van der Waals surface area contributed by atoms with Crippen LogP contribution in [0.2, 0.25) is 0 Å². The summed E-state index contributed by atoms with van der Waals surface area (Å²) < 4.78 is 6.92. The molecular weight excluding hydrogens is 218 g/mol. The van der Waals surface area contributed by atoms with Crippen molar-refractivity contribution in [3.8, 4) is 0 Å². The summed E-state index contributed by atoms with van der Waals surface area (Å²) in [6, 6.07) is 5.42. The van der Waals surface area contributed by atoms with Gasteiger partial charge in [-0.2, -0.15) is 0 Å². The molecule has 0 fully saturated rings. The quantitative estimate of drug-likeness (QED) is 0.763. The molecule has 2 rings (SSSR count). The number of hydrogen-bond donors (Lipinski definition) is 1. The van der Waals surface area contributed by atoms with E-state index in [4.69, 9.17) is 10.5 Å². The Balaban J connectivity index is 2.48. The van der Waals surface area contributed by atoms with Gasteiger partial charge in [0.25, 0.3) is 0 Å². The first-order valence-corrected chi connectivity index (χ1v) is 5.34. The number of anilines is 1. The molecule has 0 aliphatic rings. The number of esters is 1. The van der Waals surface area contributed by atoms with Gasteiger partial charge in [-0.15, -0.1) is 0 Å². The Bertz CT molecular complexity index is 567. The predicted octanol–water partition coefficient (Wildman–Crippen LogP) is 1.87. The summed E-state index contributed by atoms with van der Waals surface area (Å²) in [6.45, 7) is 5.43. The molecule has 0 saturated carbocycles. The molecule has 2 heterocycles. The van der Waals surface area contributed by atoms with Crippen LogP contribution in [0.25, 0.3) is 5.65 Å². The third-order valence-corrected chi connectivity index (χ3v) is 2.15. The Kier molecular flexibility index (Phi) is 2.53. The van der Waals surface area contributed by atoms with Crippen molar-refractivity contribution in [2.75, 3.05) is 5.73 Å². The Hall–Kier alpha value is -2.04. The lowest BCUT2D eigenvalue weighted by atomic mass is 10.2. The second kappa shape index (κ2) is 3.76.